The number of rotatable bonds is 1. The van der Waals surface area contributed by atoms with Crippen LogP contribution in [0, 0.1) is 5.82 Å². The SMILES string of the molecule is CC1(C(=O)O)Cc2c(F)cc(Cl)cc2C(=O)O1. The van der Waals surface area contributed by atoms with Crippen LogP contribution in [0.15, 0.2) is 12.1 Å². The van der Waals surface area contributed by atoms with Gasteiger partial charge in [0.25, 0.3) is 0 Å². The van der Waals surface area contributed by atoms with E-state index < -0.39 is 23.4 Å². The Labute approximate surface area is 101 Å². The first kappa shape index (κ1) is 11.9. The van der Waals surface area contributed by atoms with Gasteiger partial charge in [0.2, 0.25) is 5.60 Å². The average molecular weight is 259 g/mol. The second-order valence-electron chi connectivity index (χ2n) is 4.02. The summed E-state index contributed by atoms with van der Waals surface area (Å²) in [7, 11) is 0. The van der Waals surface area contributed by atoms with Gasteiger partial charge in [0, 0.05) is 17.0 Å². The highest BCUT2D eigenvalue weighted by atomic mass is 35.5. The average Bonchev–Trinajstić information content (AvgIpc) is 2.20. The monoisotopic (exact) mass is 258 g/mol. The minimum atomic E-state index is -1.74. The second-order valence-corrected chi connectivity index (χ2v) is 4.45. The molecular weight excluding hydrogens is 251 g/mol. The molecule has 0 saturated carbocycles. The first-order valence-corrected chi connectivity index (χ1v) is 5.16. The van der Waals surface area contributed by atoms with E-state index in [2.05, 4.69) is 0 Å². The lowest BCUT2D eigenvalue weighted by Gasteiger charge is -2.30. The molecule has 1 aromatic carbocycles. The molecule has 0 spiro atoms. The maximum atomic E-state index is 13.6. The van der Waals surface area contributed by atoms with E-state index in [0.29, 0.717) is 0 Å². The van der Waals surface area contributed by atoms with E-state index in [-0.39, 0.29) is 22.6 Å². The van der Waals surface area contributed by atoms with E-state index in [1.165, 1.54) is 13.0 Å². The van der Waals surface area contributed by atoms with Gasteiger partial charge < -0.3 is 9.84 Å². The van der Waals surface area contributed by atoms with Gasteiger partial charge in [0.1, 0.15) is 5.82 Å². The third kappa shape index (κ3) is 1.86. The van der Waals surface area contributed by atoms with Crippen LogP contribution in [0.3, 0.4) is 0 Å². The van der Waals surface area contributed by atoms with Crippen molar-refractivity contribution in [2.45, 2.75) is 18.9 Å². The summed E-state index contributed by atoms with van der Waals surface area (Å²) in [6.07, 6.45) is -0.216. The number of benzene rings is 1. The molecular formula is C11H8ClFO4. The molecule has 90 valence electrons. The van der Waals surface area contributed by atoms with Gasteiger partial charge in [-0.3, -0.25) is 0 Å². The molecule has 1 atom stereocenters. The fourth-order valence-electron chi connectivity index (χ4n) is 1.72. The van der Waals surface area contributed by atoms with Crippen LogP contribution in [0.4, 0.5) is 4.39 Å². The number of hydrogen-bond acceptors (Lipinski definition) is 3. The molecule has 0 fully saturated rings. The molecule has 1 aliphatic heterocycles. The van der Waals surface area contributed by atoms with Crippen LogP contribution in [-0.4, -0.2) is 22.6 Å². The Morgan fingerprint density at radius 1 is 1.59 bits per heavy atom. The molecule has 0 saturated heterocycles. The Morgan fingerprint density at radius 3 is 2.82 bits per heavy atom. The quantitative estimate of drug-likeness (QED) is 0.783. The van der Waals surface area contributed by atoms with E-state index in [9.17, 15) is 14.0 Å². The van der Waals surface area contributed by atoms with Gasteiger partial charge in [-0.2, -0.15) is 0 Å². The topological polar surface area (TPSA) is 63.6 Å². The van der Waals surface area contributed by atoms with Crippen molar-refractivity contribution in [3.8, 4) is 0 Å². The molecule has 6 heteroatoms. The summed E-state index contributed by atoms with van der Waals surface area (Å²) in [6, 6.07) is 2.31. The van der Waals surface area contributed by atoms with Gasteiger partial charge >= 0.3 is 11.9 Å². The molecule has 0 aliphatic carbocycles. The number of esters is 1. The highest BCUT2D eigenvalue weighted by Gasteiger charge is 2.44. The van der Waals surface area contributed by atoms with Crippen molar-refractivity contribution in [1.29, 1.82) is 0 Å². The minimum absolute atomic E-state index is 0.0197. The summed E-state index contributed by atoms with van der Waals surface area (Å²) in [5, 5.41) is 9.03. The van der Waals surface area contributed by atoms with Crippen molar-refractivity contribution < 1.29 is 23.8 Å². The van der Waals surface area contributed by atoms with Crippen LogP contribution in [0.1, 0.15) is 22.8 Å². The predicted octanol–water partition coefficient (Wildman–Crippen LogP) is 2.04. The van der Waals surface area contributed by atoms with Gasteiger partial charge in [-0.05, 0) is 19.1 Å². The van der Waals surface area contributed by atoms with Crippen molar-refractivity contribution in [3.63, 3.8) is 0 Å². The lowest BCUT2D eigenvalue weighted by Crippen LogP contribution is -2.46. The number of fused-ring (bicyclic) bond motifs is 1. The summed E-state index contributed by atoms with van der Waals surface area (Å²) in [6.45, 7) is 1.23. The Bertz CT molecular complexity index is 528. The maximum Gasteiger partial charge on any atom is 0.348 e. The Kier molecular flexibility index (Phi) is 2.58. The molecule has 1 aromatic rings. The molecule has 17 heavy (non-hydrogen) atoms. The smallest absolute Gasteiger partial charge is 0.348 e. The van der Waals surface area contributed by atoms with Crippen molar-refractivity contribution in [2.75, 3.05) is 0 Å². The molecule has 2 rings (SSSR count). The summed E-state index contributed by atoms with van der Waals surface area (Å²) in [5.74, 6) is -2.89. The number of cyclic esters (lactones) is 1. The van der Waals surface area contributed by atoms with Crippen LogP contribution in [0.2, 0.25) is 5.02 Å². The molecule has 1 heterocycles. The van der Waals surface area contributed by atoms with Gasteiger partial charge in [-0.1, -0.05) is 11.6 Å². The van der Waals surface area contributed by atoms with Gasteiger partial charge in [0.15, 0.2) is 0 Å². The van der Waals surface area contributed by atoms with Crippen LogP contribution < -0.4 is 0 Å². The highest BCUT2D eigenvalue weighted by Crippen LogP contribution is 2.32. The number of aliphatic carboxylic acids is 1. The summed E-state index contributed by atoms with van der Waals surface area (Å²) in [4.78, 5) is 22.6. The normalized spacial score (nSPS) is 22.9. The number of carbonyl (C=O) groups excluding carboxylic acids is 1. The van der Waals surface area contributed by atoms with Crippen molar-refractivity contribution in [2.24, 2.45) is 0 Å². The van der Waals surface area contributed by atoms with Gasteiger partial charge in [0.05, 0.1) is 5.56 Å². The number of ether oxygens (including phenoxy) is 1. The molecule has 0 bridgehead atoms. The molecule has 4 nitrogen and oxygen atoms in total. The van der Waals surface area contributed by atoms with Crippen molar-refractivity contribution in [3.05, 3.63) is 34.1 Å². The first-order valence-electron chi connectivity index (χ1n) is 4.78. The zero-order chi connectivity index (χ0) is 12.8. The summed E-state index contributed by atoms with van der Waals surface area (Å²) < 4.78 is 18.4. The Balaban J connectivity index is 2.58. The van der Waals surface area contributed by atoms with Gasteiger partial charge in [-0.25, -0.2) is 14.0 Å². The zero-order valence-corrected chi connectivity index (χ0v) is 9.55. The standard InChI is InChI=1S/C11H8ClFO4/c1-11(10(15)16)4-7-6(9(14)17-11)2-5(12)3-8(7)13/h2-3H,4H2,1H3,(H,15,16). The lowest BCUT2D eigenvalue weighted by atomic mass is 9.90. The van der Waals surface area contributed by atoms with Crippen LogP contribution in [-0.2, 0) is 16.0 Å². The van der Waals surface area contributed by atoms with Gasteiger partial charge in [-0.15, -0.1) is 0 Å². The minimum Gasteiger partial charge on any atom is -0.478 e. The van der Waals surface area contributed by atoms with Crippen LogP contribution in [0.25, 0.3) is 0 Å². The summed E-state index contributed by atoms with van der Waals surface area (Å²) in [5.41, 5.74) is -1.73. The van der Waals surface area contributed by atoms with E-state index >= 15 is 0 Å². The van der Waals surface area contributed by atoms with E-state index in [1.807, 2.05) is 0 Å². The molecule has 1 unspecified atom stereocenters. The van der Waals surface area contributed by atoms with Crippen LogP contribution in [0.5, 0.6) is 0 Å². The fourth-order valence-corrected chi connectivity index (χ4v) is 1.92. The lowest BCUT2D eigenvalue weighted by molar-refractivity contribution is -0.158. The molecule has 0 radical (unpaired) electrons. The molecule has 0 amide bonds. The number of halogens is 2. The molecule has 1 N–H and O–H groups in total. The van der Waals surface area contributed by atoms with E-state index in [0.717, 1.165) is 6.07 Å². The van der Waals surface area contributed by atoms with E-state index in [4.69, 9.17) is 21.4 Å². The number of carbonyl (C=O) groups is 2. The maximum absolute atomic E-state index is 13.6. The predicted molar refractivity (Wildman–Crippen MR) is 56.6 cm³/mol. The Hall–Kier alpha value is -1.62. The zero-order valence-electron chi connectivity index (χ0n) is 8.79. The summed E-state index contributed by atoms with van der Waals surface area (Å²) >= 11 is 5.62. The third-order valence-electron chi connectivity index (χ3n) is 2.66. The first-order chi connectivity index (χ1) is 7.83. The van der Waals surface area contributed by atoms with Crippen molar-refractivity contribution >= 4 is 23.5 Å². The number of carboxylic acid groups (broad SMARTS) is 1. The highest BCUT2D eigenvalue weighted by molar-refractivity contribution is 6.31. The largest absolute Gasteiger partial charge is 0.478 e. The molecule has 0 aromatic heterocycles. The van der Waals surface area contributed by atoms with Crippen molar-refractivity contribution in [1.82, 2.24) is 0 Å². The Morgan fingerprint density at radius 2 is 2.24 bits per heavy atom. The second kappa shape index (κ2) is 3.70. The third-order valence-corrected chi connectivity index (χ3v) is 2.88. The van der Waals surface area contributed by atoms with E-state index in [1.54, 1.807) is 0 Å². The van der Waals surface area contributed by atoms with Crippen LogP contribution >= 0.6 is 11.6 Å². The number of hydrogen-bond donors (Lipinski definition) is 1. The number of carboxylic acids is 1. The molecule has 1 aliphatic rings. The fraction of sp³-hybridized carbons (Fsp3) is 0.273.